The topological polar surface area (TPSA) is 47.3 Å². The summed E-state index contributed by atoms with van der Waals surface area (Å²) in [7, 11) is 0. The summed E-state index contributed by atoms with van der Waals surface area (Å²) in [5.41, 5.74) is 8.86. The fourth-order valence-electron chi connectivity index (χ4n) is 1.57. The van der Waals surface area contributed by atoms with Crippen LogP contribution in [0.1, 0.15) is 12.0 Å². The lowest BCUT2D eigenvalue weighted by Gasteiger charge is -2.27. The van der Waals surface area contributed by atoms with Gasteiger partial charge in [-0.15, -0.1) is 0 Å². The lowest BCUT2D eigenvalue weighted by atomic mass is 10.1. The van der Waals surface area contributed by atoms with Gasteiger partial charge < -0.3 is 15.8 Å². The van der Waals surface area contributed by atoms with Crippen LogP contribution >= 0.6 is 15.9 Å². The van der Waals surface area contributed by atoms with E-state index in [2.05, 4.69) is 21.2 Å². The van der Waals surface area contributed by atoms with Crippen molar-refractivity contribution in [3.8, 4) is 0 Å². The predicted molar refractivity (Wildman–Crippen MR) is 66.1 cm³/mol. The molecule has 1 aromatic carbocycles. The molecule has 0 bridgehead atoms. The van der Waals surface area contributed by atoms with E-state index in [-0.39, 0.29) is 0 Å². The molecule has 1 aliphatic heterocycles. The van der Waals surface area contributed by atoms with Crippen molar-refractivity contribution in [2.45, 2.75) is 19.4 Å². The number of nitrogens with two attached hydrogens (primary N) is 1. The van der Waals surface area contributed by atoms with Crippen molar-refractivity contribution in [2.24, 2.45) is 0 Å². The number of aryl methyl sites for hydroxylation is 1. The zero-order valence-corrected chi connectivity index (χ0v) is 10.3. The molecule has 1 aromatic rings. The quantitative estimate of drug-likeness (QED) is 0.830. The summed E-state index contributed by atoms with van der Waals surface area (Å²) in [5, 5.41) is 3.32. The smallest absolute Gasteiger partial charge is 0.0769 e. The minimum atomic E-state index is 0.351. The molecule has 82 valence electrons. The number of nitrogens with one attached hydrogen (secondary N) is 1. The maximum absolute atomic E-state index is 5.97. The molecule has 15 heavy (non-hydrogen) atoms. The Morgan fingerprint density at radius 1 is 1.60 bits per heavy atom. The third-order valence-electron chi connectivity index (χ3n) is 2.67. The Morgan fingerprint density at radius 2 is 2.33 bits per heavy atom. The lowest BCUT2D eigenvalue weighted by molar-refractivity contribution is -0.0410. The molecule has 0 aromatic heterocycles. The monoisotopic (exact) mass is 270 g/mol. The summed E-state index contributed by atoms with van der Waals surface area (Å²) in [6.45, 7) is 3.73. The summed E-state index contributed by atoms with van der Waals surface area (Å²) < 4.78 is 6.39. The highest BCUT2D eigenvalue weighted by Gasteiger charge is 2.17. The fourth-order valence-corrected chi connectivity index (χ4v) is 2.14. The second-order valence-corrected chi connectivity index (χ2v) is 4.76. The lowest BCUT2D eigenvalue weighted by Crippen LogP contribution is -2.33. The first-order valence-corrected chi connectivity index (χ1v) is 5.87. The van der Waals surface area contributed by atoms with Gasteiger partial charge in [-0.3, -0.25) is 0 Å². The third kappa shape index (κ3) is 2.44. The van der Waals surface area contributed by atoms with Gasteiger partial charge in [0.05, 0.1) is 17.5 Å². The molecule has 1 atom stereocenters. The molecule has 0 saturated carbocycles. The molecule has 1 fully saturated rings. The number of nitrogen functional groups attached to an aromatic ring is 1. The van der Waals surface area contributed by atoms with E-state index in [0.29, 0.717) is 6.10 Å². The van der Waals surface area contributed by atoms with Gasteiger partial charge in [0, 0.05) is 17.6 Å². The van der Waals surface area contributed by atoms with Gasteiger partial charge >= 0.3 is 0 Å². The molecular formula is C11H15BrN2O. The van der Waals surface area contributed by atoms with E-state index in [1.165, 1.54) is 0 Å². The molecule has 1 aliphatic rings. The molecule has 3 nitrogen and oxygen atoms in total. The average Bonchev–Trinajstić information content (AvgIpc) is 2.10. The highest BCUT2D eigenvalue weighted by atomic mass is 79.9. The number of ether oxygens (including phenoxy) is 1. The van der Waals surface area contributed by atoms with E-state index in [0.717, 1.165) is 41.0 Å². The van der Waals surface area contributed by atoms with Gasteiger partial charge in [-0.25, -0.2) is 0 Å². The molecular weight excluding hydrogens is 256 g/mol. The molecule has 3 N–H and O–H groups in total. The van der Waals surface area contributed by atoms with Crippen LogP contribution in [0, 0.1) is 6.92 Å². The fraction of sp³-hybridized carbons (Fsp3) is 0.455. The van der Waals surface area contributed by atoms with Gasteiger partial charge in [-0.05, 0) is 31.0 Å². The molecule has 1 unspecified atom stereocenters. The van der Waals surface area contributed by atoms with Crippen LogP contribution in [-0.4, -0.2) is 19.3 Å². The average molecular weight is 271 g/mol. The Bertz CT molecular complexity index is 364. The van der Waals surface area contributed by atoms with E-state index in [9.17, 15) is 0 Å². The highest BCUT2D eigenvalue weighted by Crippen LogP contribution is 2.27. The van der Waals surface area contributed by atoms with Crippen LogP contribution in [0.3, 0.4) is 0 Å². The van der Waals surface area contributed by atoms with Crippen LogP contribution in [0.25, 0.3) is 0 Å². The summed E-state index contributed by atoms with van der Waals surface area (Å²) >= 11 is 3.46. The SMILES string of the molecule is Cc1cc(Br)cc(NCC2CCO2)c1N. The molecule has 0 radical (unpaired) electrons. The second-order valence-electron chi connectivity index (χ2n) is 3.85. The van der Waals surface area contributed by atoms with Crippen LogP contribution in [0.2, 0.25) is 0 Å². The number of rotatable bonds is 3. The van der Waals surface area contributed by atoms with Gasteiger partial charge in [0.1, 0.15) is 0 Å². The Labute approximate surface area is 98.1 Å². The standard InChI is InChI=1S/C11H15BrN2O/c1-7-4-8(12)5-10(11(7)13)14-6-9-2-3-15-9/h4-5,9,14H,2-3,6,13H2,1H3. The maximum Gasteiger partial charge on any atom is 0.0769 e. The Balaban J connectivity index is 2.05. The number of hydrogen-bond donors (Lipinski definition) is 2. The number of halogens is 1. The van der Waals surface area contributed by atoms with E-state index >= 15 is 0 Å². The van der Waals surface area contributed by atoms with Gasteiger partial charge in [-0.2, -0.15) is 0 Å². The minimum absolute atomic E-state index is 0.351. The van der Waals surface area contributed by atoms with Gasteiger partial charge in [-0.1, -0.05) is 15.9 Å². The highest BCUT2D eigenvalue weighted by molar-refractivity contribution is 9.10. The molecule has 0 aliphatic carbocycles. The predicted octanol–water partition coefficient (Wildman–Crippen LogP) is 2.54. The minimum Gasteiger partial charge on any atom is -0.397 e. The molecule has 1 heterocycles. The molecule has 1 saturated heterocycles. The van der Waals surface area contributed by atoms with Gasteiger partial charge in [0.15, 0.2) is 0 Å². The summed E-state index contributed by atoms with van der Waals surface area (Å²) in [6, 6.07) is 4.02. The number of hydrogen-bond acceptors (Lipinski definition) is 3. The second kappa shape index (κ2) is 4.41. The first-order valence-electron chi connectivity index (χ1n) is 5.08. The van der Waals surface area contributed by atoms with E-state index < -0.39 is 0 Å². The first-order chi connectivity index (χ1) is 7.16. The largest absolute Gasteiger partial charge is 0.397 e. The van der Waals surface area contributed by atoms with Crippen LogP contribution in [0.5, 0.6) is 0 Å². The van der Waals surface area contributed by atoms with Gasteiger partial charge in [0.25, 0.3) is 0 Å². The van der Waals surface area contributed by atoms with Crippen molar-refractivity contribution in [3.63, 3.8) is 0 Å². The molecule has 2 rings (SSSR count). The Morgan fingerprint density at radius 3 is 2.93 bits per heavy atom. The summed E-state index contributed by atoms with van der Waals surface area (Å²) in [4.78, 5) is 0. The zero-order valence-electron chi connectivity index (χ0n) is 8.72. The molecule has 0 spiro atoms. The number of anilines is 2. The van der Waals surface area contributed by atoms with Crippen molar-refractivity contribution >= 4 is 27.3 Å². The third-order valence-corrected chi connectivity index (χ3v) is 3.12. The molecule has 4 heteroatoms. The first kappa shape index (κ1) is 10.8. The van der Waals surface area contributed by atoms with Crippen LogP contribution in [0.15, 0.2) is 16.6 Å². The summed E-state index contributed by atoms with van der Waals surface area (Å²) in [5.74, 6) is 0. The Kier molecular flexibility index (Phi) is 3.17. The van der Waals surface area contributed by atoms with E-state index in [4.69, 9.17) is 10.5 Å². The van der Waals surface area contributed by atoms with Crippen molar-refractivity contribution in [1.82, 2.24) is 0 Å². The zero-order chi connectivity index (χ0) is 10.8. The van der Waals surface area contributed by atoms with E-state index in [1.807, 2.05) is 19.1 Å². The summed E-state index contributed by atoms with van der Waals surface area (Å²) in [6.07, 6.45) is 1.49. The van der Waals surface area contributed by atoms with E-state index in [1.54, 1.807) is 0 Å². The maximum atomic E-state index is 5.97. The number of benzene rings is 1. The van der Waals surface area contributed by atoms with Crippen LogP contribution in [0.4, 0.5) is 11.4 Å². The van der Waals surface area contributed by atoms with Crippen molar-refractivity contribution in [1.29, 1.82) is 0 Å². The normalized spacial score (nSPS) is 19.7. The van der Waals surface area contributed by atoms with Crippen LogP contribution < -0.4 is 11.1 Å². The van der Waals surface area contributed by atoms with Crippen molar-refractivity contribution in [3.05, 3.63) is 22.2 Å². The van der Waals surface area contributed by atoms with Gasteiger partial charge in [0.2, 0.25) is 0 Å². The Hall–Kier alpha value is -0.740. The van der Waals surface area contributed by atoms with Crippen molar-refractivity contribution < 1.29 is 4.74 Å². The van der Waals surface area contributed by atoms with Crippen molar-refractivity contribution in [2.75, 3.05) is 24.2 Å². The van der Waals surface area contributed by atoms with Crippen LogP contribution in [-0.2, 0) is 4.74 Å². The molecule has 0 amide bonds.